The first-order chi connectivity index (χ1) is 17.2. The molecule has 2 aliphatic rings. The number of carbonyl (C=O) groups is 2. The van der Waals surface area contributed by atoms with Gasteiger partial charge in [-0.1, -0.05) is 26.8 Å². The number of phenolic OH excluding ortho intramolecular Hbond substituents is 6. The van der Waals surface area contributed by atoms with E-state index < -0.39 is 63.3 Å². The van der Waals surface area contributed by atoms with Crippen LogP contribution in [0.1, 0.15) is 55.5 Å². The van der Waals surface area contributed by atoms with E-state index in [4.69, 9.17) is 11.3 Å². The summed E-state index contributed by atoms with van der Waals surface area (Å²) in [6.45, 7) is 12.9. The van der Waals surface area contributed by atoms with Crippen LogP contribution in [0.15, 0.2) is 36.0 Å². The van der Waals surface area contributed by atoms with Crippen molar-refractivity contribution in [2.24, 2.45) is 16.7 Å². The number of fused-ring (bicyclic) bond motifs is 1. The number of benzene rings is 2. The van der Waals surface area contributed by atoms with Crippen molar-refractivity contribution in [2.45, 2.75) is 45.6 Å². The summed E-state index contributed by atoms with van der Waals surface area (Å²) in [6, 6.07) is 4.38. The molecule has 4 rings (SSSR count). The van der Waals surface area contributed by atoms with E-state index in [1.54, 1.807) is 19.9 Å². The largest absolute Gasteiger partial charge is 0.504 e. The van der Waals surface area contributed by atoms with Crippen LogP contribution in [0.3, 0.4) is 0 Å². The molecule has 2 aromatic rings. The zero-order valence-electron chi connectivity index (χ0n) is 20.4. The molecule has 1 saturated carbocycles. The van der Waals surface area contributed by atoms with E-state index in [9.17, 15) is 40.2 Å². The molecule has 0 aromatic heterocycles. The van der Waals surface area contributed by atoms with E-state index in [0.29, 0.717) is 5.56 Å². The van der Waals surface area contributed by atoms with Crippen molar-refractivity contribution in [2.75, 3.05) is 0 Å². The van der Waals surface area contributed by atoms with E-state index in [-0.39, 0.29) is 35.8 Å². The minimum atomic E-state index is -0.965. The fraction of sp³-hybridized carbons (Fsp3) is 0.370. The summed E-state index contributed by atoms with van der Waals surface area (Å²) in [5.41, 5.74) is -1.51. The second-order valence-corrected chi connectivity index (χ2v) is 10.5. The number of Topliss-reactive ketones (excluding diaryl/α,β-unsaturated/α-hetero) is 1. The van der Waals surface area contributed by atoms with Crippen molar-refractivity contribution in [1.29, 1.82) is 0 Å². The van der Waals surface area contributed by atoms with E-state index >= 15 is 0 Å². The lowest BCUT2D eigenvalue weighted by Crippen LogP contribution is -2.52. The Morgan fingerprint density at radius 2 is 1.46 bits per heavy atom. The molecule has 37 heavy (non-hydrogen) atoms. The number of allylic oxidation sites excluding steroid dienone is 2. The van der Waals surface area contributed by atoms with Gasteiger partial charge in [-0.25, -0.2) is 9.64 Å². The van der Waals surface area contributed by atoms with Crippen LogP contribution in [0, 0.1) is 23.3 Å². The predicted octanol–water partition coefficient (Wildman–Crippen LogP) is 4.06. The number of phenols is 6. The smallest absolute Gasteiger partial charge is 0.338 e. The highest BCUT2D eigenvalue weighted by molar-refractivity contribution is 6.02. The Labute approximate surface area is 212 Å². The van der Waals surface area contributed by atoms with Crippen LogP contribution in [0.25, 0.3) is 4.85 Å². The van der Waals surface area contributed by atoms with Crippen molar-refractivity contribution in [3.63, 3.8) is 0 Å². The van der Waals surface area contributed by atoms with Crippen molar-refractivity contribution in [3.8, 4) is 34.5 Å². The van der Waals surface area contributed by atoms with Gasteiger partial charge in [0.05, 0.1) is 12.1 Å². The third-order valence-electron chi connectivity index (χ3n) is 7.73. The second-order valence-electron chi connectivity index (χ2n) is 10.5. The van der Waals surface area contributed by atoms with Gasteiger partial charge in [0, 0.05) is 11.3 Å². The maximum Gasteiger partial charge on any atom is 0.338 e. The number of aromatic hydroxyl groups is 6. The standard InChI is InChI=1S/C27H27NO9/c1-26(2)21-9-20(37-25(36)13-7-18(31)23(34)19(32)8-13)14(12-5-16(29)22(33)17(30)6-12)10-27(21,3)11-15(28-4)24(26)35/h5-8,11,14,20-21,29-34H,9-10H2,1-3H3/t14-,20-,21?,27?/m1/s1. The lowest BCUT2D eigenvalue weighted by atomic mass is 9.50. The maximum atomic E-state index is 13.1. The highest BCUT2D eigenvalue weighted by Crippen LogP contribution is 2.59. The molecule has 194 valence electrons. The Hall–Kier alpha value is -4.39. The van der Waals surface area contributed by atoms with Gasteiger partial charge in [-0.05, 0) is 54.0 Å². The minimum absolute atomic E-state index is 0.0180. The third-order valence-corrected chi connectivity index (χ3v) is 7.73. The number of ketones is 1. The zero-order chi connectivity index (χ0) is 27.4. The Morgan fingerprint density at radius 1 is 0.946 bits per heavy atom. The van der Waals surface area contributed by atoms with Crippen LogP contribution in [0.5, 0.6) is 34.5 Å². The molecule has 0 saturated heterocycles. The summed E-state index contributed by atoms with van der Waals surface area (Å²) in [7, 11) is 0. The topological polar surface area (TPSA) is 169 Å². The molecule has 0 radical (unpaired) electrons. The first kappa shape index (κ1) is 25.7. The molecular weight excluding hydrogens is 482 g/mol. The molecule has 2 aromatic carbocycles. The Balaban J connectivity index is 1.80. The van der Waals surface area contributed by atoms with Gasteiger partial charge in [-0.2, -0.15) is 0 Å². The van der Waals surface area contributed by atoms with Crippen molar-refractivity contribution in [3.05, 3.63) is 58.6 Å². The molecule has 1 fully saturated rings. The number of nitrogens with zero attached hydrogens (tertiary/aromatic N) is 1. The fourth-order valence-corrected chi connectivity index (χ4v) is 5.87. The molecular formula is C27H27NO9. The van der Waals surface area contributed by atoms with E-state index in [1.807, 2.05) is 6.92 Å². The summed E-state index contributed by atoms with van der Waals surface area (Å²) in [4.78, 5) is 29.5. The molecule has 2 aliphatic carbocycles. The summed E-state index contributed by atoms with van der Waals surface area (Å²) in [6.07, 6.45) is 1.17. The molecule has 2 unspecified atom stereocenters. The summed E-state index contributed by atoms with van der Waals surface area (Å²) in [5, 5.41) is 59.4. The van der Waals surface area contributed by atoms with E-state index in [0.717, 1.165) is 12.1 Å². The molecule has 0 spiro atoms. The number of hydrogen-bond donors (Lipinski definition) is 6. The normalized spacial score (nSPS) is 26.5. The highest BCUT2D eigenvalue weighted by Gasteiger charge is 2.56. The molecule has 0 bridgehead atoms. The van der Waals surface area contributed by atoms with E-state index in [1.165, 1.54) is 12.1 Å². The molecule has 0 aliphatic heterocycles. The maximum absolute atomic E-state index is 13.1. The predicted molar refractivity (Wildman–Crippen MR) is 129 cm³/mol. The van der Waals surface area contributed by atoms with Crippen LogP contribution >= 0.6 is 0 Å². The summed E-state index contributed by atoms with van der Waals surface area (Å²) < 4.78 is 5.82. The van der Waals surface area contributed by atoms with Gasteiger partial charge >= 0.3 is 5.97 Å². The Morgan fingerprint density at radius 3 is 1.97 bits per heavy atom. The number of ether oxygens (including phenoxy) is 1. The lowest BCUT2D eigenvalue weighted by Gasteiger charge is -2.54. The zero-order valence-corrected chi connectivity index (χ0v) is 20.4. The average Bonchev–Trinajstić information content (AvgIpc) is 2.83. The molecule has 0 heterocycles. The van der Waals surface area contributed by atoms with Gasteiger partial charge in [0.15, 0.2) is 40.3 Å². The SMILES string of the molecule is [C-]#[N+]C1=CC2(C)C[C@H](c3cc(O)c(O)c(O)c3)[C@H](OC(=O)c3cc(O)c(O)c(O)c3)CC2C(C)(C)C1=O. The minimum Gasteiger partial charge on any atom is -0.504 e. The van der Waals surface area contributed by atoms with Gasteiger partial charge in [-0.15, -0.1) is 0 Å². The molecule has 0 amide bonds. The van der Waals surface area contributed by atoms with E-state index in [2.05, 4.69) is 4.85 Å². The quantitative estimate of drug-likeness (QED) is 0.203. The molecule has 6 N–H and O–H groups in total. The van der Waals surface area contributed by atoms with Gasteiger partial charge in [0.25, 0.3) is 0 Å². The summed E-state index contributed by atoms with van der Waals surface area (Å²) >= 11 is 0. The van der Waals surface area contributed by atoms with Crippen LogP contribution in [0.4, 0.5) is 0 Å². The molecule has 10 nitrogen and oxygen atoms in total. The van der Waals surface area contributed by atoms with Gasteiger partial charge in [0.2, 0.25) is 5.70 Å². The number of esters is 1. The lowest BCUT2D eigenvalue weighted by molar-refractivity contribution is -0.134. The van der Waals surface area contributed by atoms with Crippen molar-refractivity contribution < 1.29 is 45.0 Å². The van der Waals surface area contributed by atoms with Crippen LogP contribution in [-0.4, -0.2) is 48.5 Å². The first-order valence-electron chi connectivity index (χ1n) is 11.6. The first-order valence-corrected chi connectivity index (χ1v) is 11.6. The number of hydrogen-bond acceptors (Lipinski definition) is 9. The fourth-order valence-electron chi connectivity index (χ4n) is 5.87. The molecule has 10 heteroatoms. The average molecular weight is 510 g/mol. The van der Waals surface area contributed by atoms with Crippen LogP contribution in [-0.2, 0) is 9.53 Å². The van der Waals surface area contributed by atoms with Gasteiger partial charge in [0.1, 0.15) is 6.10 Å². The highest BCUT2D eigenvalue weighted by atomic mass is 16.5. The Kier molecular flexibility index (Phi) is 5.99. The number of carbonyl (C=O) groups excluding carboxylic acids is 2. The number of rotatable bonds is 3. The monoisotopic (exact) mass is 509 g/mol. The van der Waals surface area contributed by atoms with Crippen LogP contribution < -0.4 is 0 Å². The molecule has 4 atom stereocenters. The summed E-state index contributed by atoms with van der Waals surface area (Å²) in [5.74, 6) is -6.31. The van der Waals surface area contributed by atoms with Gasteiger partial charge in [-0.3, -0.25) is 0 Å². The van der Waals surface area contributed by atoms with Gasteiger partial charge < -0.3 is 40.2 Å². The van der Waals surface area contributed by atoms with Crippen LogP contribution in [0.2, 0.25) is 0 Å². The second kappa shape index (κ2) is 8.62. The van der Waals surface area contributed by atoms with Crippen molar-refractivity contribution in [1.82, 2.24) is 0 Å². The van der Waals surface area contributed by atoms with Crippen molar-refractivity contribution >= 4 is 11.8 Å². The third kappa shape index (κ3) is 4.16. The Bertz CT molecular complexity index is 1340.